The lowest BCUT2D eigenvalue weighted by Gasteiger charge is -2.16. The van der Waals surface area contributed by atoms with Gasteiger partial charge in [0, 0.05) is 31.9 Å². The Kier molecular flexibility index (Phi) is 8.84. The van der Waals surface area contributed by atoms with Crippen LogP contribution in [0.25, 0.3) is 0 Å². The van der Waals surface area contributed by atoms with Crippen LogP contribution in [0.2, 0.25) is 0 Å². The first-order valence-electron chi connectivity index (χ1n) is 13.1. The normalized spacial score (nSPS) is 10.7. The molecule has 7 nitrogen and oxygen atoms in total. The quantitative estimate of drug-likeness (QED) is 0.152. The van der Waals surface area contributed by atoms with Gasteiger partial charge in [0.25, 0.3) is 0 Å². The van der Waals surface area contributed by atoms with E-state index in [1.165, 1.54) is 0 Å². The van der Waals surface area contributed by atoms with Crippen LogP contribution in [0.3, 0.4) is 0 Å². The summed E-state index contributed by atoms with van der Waals surface area (Å²) in [6.07, 6.45) is 4.04. The molecule has 1 aromatic heterocycles. The summed E-state index contributed by atoms with van der Waals surface area (Å²) in [5, 5.41) is 0. The number of ether oxygens (including phenoxy) is 3. The second-order valence-electron chi connectivity index (χ2n) is 9.98. The van der Waals surface area contributed by atoms with Crippen molar-refractivity contribution in [2.45, 2.75) is 34.2 Å². The van der Waals surface area contributed by atoms with Crippen molar-refractivity contribution >= 4 is 17.6 Å². The molecule has 0 fully saturated rings. The van der Waals surface area contributed by atoms with Gasteiger partial charge in [-0.2, -0.15) is 0 Å². The molecule has 0 radical (unpaired) electrons. The molecule has 7 heteroatoms. The van der Waals surface area contributed by atoms with E-state index in [1.54, 1.807) is 42.5 Å². The Morgan fingerprint density at radius 2 is 1.32 bits per heavy atom. The Hall–Kier alpha value is -4.65. The van der Waals surface area contributed by atoms with Crippen LogP contribution in [0.15, 0.2) is 79.1 Å². The molecule has 0 N–H and O–H groups in total. The number of aryl methyl sites for hydroxylation is 2. The van der Waals surface area contributed by atoms with Crippen LogP contribution in [0.5, 0.6) is 17.2 Å². The zero-order valence-corrected chi connectivity index (χ0v) is 23.9. The average molecular weight is 540 g/mol. The molecular formula is C33H35N2O5+. The number of esters is 2. The lowest BCUT2D eigenvalue weighted by Crippen LogP contribution is -2.35. The lowest BCUT2D eigenvalue weighted by molar-refractivity contribution is -0.697. The summed E-state index contributed by atoms with van der Waals surface area (Å²) in [6, 6.07) is 19.9. The molecule has 0 aliphatic heterocycles. The molecule has 0 saturated heterocycles. The van der Waals surface area contributed by atoms with Crippen LogP contribution < -0.4 is 23.7 Å². The molecule has 0 bridgehead atoms. The first kappa shape index (κ1) is 28.4. The molecule has 0 unspecified atom stereocenters. The highest BCUT2D eigenvalue weighted by atomic mass is 16.5. The van der Waals surface area contributed by atoms with E-state index in [2.05, 4.69) is 21.6 Å². The zero-order valence-electron chi connectivity index (χ0n) is 23.9. The minimum atomic E-state index is -0.474. The number of pyridine rings is 1. The van der Waals surface area contributed by atoms with E-state index >= 15 is 0 Å². The monoisotopic (exact) mass is 539 g/mol. The highest BCUT2D eigenvalue weighted by molar-refractivity contribution is 5.92. The summed E-state index contributed by atoms with van der Waals surface area (Å²) < 4.78 is 19.4. The molecule has 3 aromatic carbocycles. The molecule has 0 aliphatic rings. The molecule has 0 amide bonds. The Labute approximate surface area is 235 Å². The molecule has 40 heavy (non-hydrogen) atoms. The topological polar surface area (TPSA) is 68.9 Å². The fourth-order valence-electron chi connectivity index (χ4n) is 4.14. The fourth-order valence-corrected chi connectivity index (χ4v) is 4.14. The van der Waals surface area contributed by atoms with Crippen molar-refractivity contribution in [3.05, 3.63) is 113 Å². The van der Waals surface area contributed by atoms with E-state index in [9.17, 15) is 9.59 Å². The summed E-state index contributed by atoms with van der Waals surface area (Å²) in [5.74, 6) is 0.654. The third kappa shape index (κ3) is 6.86. The standard InChI is InChI=1S/C33H35N2O5/c1-22-7-9-26(10-8-22)32(36)39-30-21-23(2)31(25(4)24(30)3)40-33(37)27-11-13-29(14-12-27)38-20-19-35-17-15-28(16-18-35)34(5)6/h7-18,21H,19-20H2,1-6H3/q+1. The molecule has 4 aromatic rings. The van der Waals surface area contributed by atoms with Crippen molar-refractivity contribution < 1.29 is 28.4 Å². The van der Waals surface area contributed by atoms with Gasteiger partial charge in [0.05, 0.1) is 11.1 Å². The second-order valence-corrected chi connectivity index (χ2v) is 9.98. The predicted octanol–water partition coefficient (Wildman–Crippen LogP) is 5.79. The highest BCUT2D eigenvalue weighted by Gasteiger charge is 2.19. The first-order chi connectivity index (χ1) is 19.1. The fraction of sp³-hybridized carbons (Fsp3) is 0.242. The molecule has 4 rings (SSSR count). The number of hydrogen-bond acceptors (Lipinski definition) is 6. The number of aromatic nitrogens is 1. The minimum absolute atomic E-state index is 0.410. The Morgan fingerprint density at radius 1 is 0.750 bits per heavy atom. The van der Waals surface area contributed by atoms with Crippen molar-refractivity contribution in [3.8, 4) is 17.2 Å². The summed E-state index contributed by atoms with van der Waals surface area (Å²) in [5.41, 5.74) is 5.24. The van der Waals surface area contributed by atoms with Crippen LogP contribution >= 0.6 is 0 Å². The third-order valence-corrected chi connectivity index (χ3v) is 6.76. The molecular weight excluding hydrogens is 504 g/mol. The second kappa shape index (κ2) is 12.5. The van der Waals surface area contributed by atoms with Crippen molar-refractivity contribution in [2.75, 3.05) is 25.6 Å². The van der Waals surface area contributed by atoms with Gasteiger partial charge in [0.15, 0.2) is 18.9 Å². The van der Waals surface area contributed by atoms with E-state index in [-0.39, 0.29) is 0 Å². The van der Waals surface area contributed by atoms with Gasteiger partial charge in [-0.05, 0) is 86.8 Å². The number of hydrogen-bond donors (Lipinski definition) is 0. The largest absolute Gasteiger partial charge is 0.487 e. The van der Waals surface area contributed by atoms with Gasteiger partial charge in [-0.1, -0.05) is 17.7 Å². The van der Waals surface area contributed by atoms with E-state index in [0.29, 0.717) is 47.1 Å². The van der Waals surface area contributed by atoms with E-state index in [4.69, 9.17) is 14.2 Å². The number of nitrogens with zero attached hydrogens (tertiary/aromatic N) is 2. The summed E-state index contributed by atoms with van der Waals surface area (Å²) >= 11 is 0. The van der Waals surface area contributed by atoms with Crippen molar-refractivity contribution in [1.82, 2.24) is 0 Å². The smallest absolute Gasteiger partial charge is 0.343 e. The van der Waals surface area contributed by atoms with Crippen LogP contribution in [0, 0.1) is 27.7 Å². The predicted molar refractivity (Wildman–Crippen MR) is 155 cm³/mol. The Morgan fingerprint density at radius 3 is 1.93 bits per heavy atom. The third-order valence-electron chi connectivity index (χ3n) is 6.76. The first-order valence-corrected chi connectivity index (χ1v) is 13.1. The van der Waals surface area contributed by atoms with Crippen LogP contribution in [0.4, 0.5) is 5.69 Å². The molecule has 1 heterocycles. The van der Waals surface area contributed by atoms with Gasteiger partial charge in [-0.15, -0.1) is 0 Å². The summed E-state index contributed by atoms with van der Waals surface area (Å²) in [6.45, 7) is 8.66. The van der Waals surface area contributed by atoms with Crippen molar-refractivity contribution in [2.24, 2.45) is 0 Å². The number of carbonyl (C=O) groups excluding carboxylic acids is 2. The van der Waals surface area contributed by atoms with Crippen LogP contribution in [0.1, 0.15) is 43.0 Å². The van der Waals surface area contributed by atoms with E-state index in [1.807, 2.05) is 66.3 Å². The van der Waals surface area contributed by atoms with Gasteiger partial charge in [-0.3, -0.25) is 0 Å². The van der Waals surface area contributed by atoms with Gasteiger partial charge in [0.1, 0.15) is 23.9 Å². The van der Waals surface area contributed by atoms with Gasteiger partial charge >= 0.3 is 11.9 Å². The van der Waals surface area contributed by atoms with Crippen molar-refractivity contribution in [3.63, 3.8) is 0 Å². The van der Waals surface area contributed by atoms with Crippen LogP contribution in [-0.2, 0) is 6.54 Å². The van der Waals surface area contributed by atoms with Gasteiger partial charge in [0.2, 0.25) is 0 Å². The van der Waals surface area contributed by atoms with E-state index in [0.717, 1.165) is 22.4 Å². The van der Waals surface area contributed by atoms with Gasteiger partial charge in [-0.25, -0.2) is 14.2 Å². The maximum Gasteiger partial charge on any atom is 0.343 e. The highest BCUT2D eigenvalue weighted by Crippen LogP contribution is 2.34. The molecule has 0 atom stereocenters. The van der Waals surface area contributed by atoms with E-state index < -0.39 is 11.9 Å². The zero-order chi connectivity index (χ0) is 28.8. The SMILES string of the molecule is Cc1ccc(C(=O)Oc2cc(C)c(OC(=O)c3ccc(OCC[n+]4ccc(N(C)C)cc4)cc3)c(C)c2C)cc1. The lowest BCUT2D eigenvalue weighted by atomic mass is 10.0. The van der Waals surface area contributed by atoms with Gasteiger partial charge < -0.3 is 19.1 Å². The number of benzene rings is 3. The summed E-state index contributed by atoms with van der Waals surface area (Å²) in [4.78, 5) is 27.6. The Balaban J connectivity index is 1.36. The number of rotatable bonds is 9. The number of anilines is 1. The maximum absolute atomic E-state index is 12.9. The number of carbonyl (C=O) groups is 2. The van der Waals surface area contributed by atoms with Crippen LogP contribution in [-0.4, -0.2) is 32.6 Å². The summed E-state index contributed by atoms with van der Waals surface area (Å²) in [7, 11) is 4.02. The van der Waals surface area contributed by atoms with Crippen molar-refractivity contribution in [1.29, 1.82) is 0 Å². The maximum atomic E-state index is 12.9. The molecule has 0 spiro atoms. The molecule has 0 aliphatic carbocycles. The molecule has 206 valence electrons. The minimum Gasteiger partial charge on any atom is -0.487 e. The molecule has 0 saturated carbocycles. The Bertz CT molecular complexity index is 1490. The average Bonchev–Trinajstić information content (AvgIpc) is 2.94.